The number of piperidine rings is 2. The maximum Gasteiger partial charge on any atom is 0.0126 e. The van der Waals surface area contributed by atoms with Crippen LogP contribution in [-0.2, 0) is 0 Å². The van der Waals surface area contributed by atoms with Gasteiger partial charge in [0.2, 0.25) is 0 Å². The number of hydrogen-bond donors (Lipinski definition) is 0. The van der Waals surface area contributed by atoms with E-state index < -0.39 is 0 Å². The zero-order valence-electron chi connectivity index (χ0n) is 24.1. The third-order valence-corrected chi connectivity index (χ3v) is 9.75. The predicted octanol–water partition coefficient (Wildman–Crippen LogP) is 7.45. The van der Waals surface area contributed by atoms with Gasteiger partial charge in [0.1, 0.15) is 0 Å². The lowest BCUT2D eigenvalue weighted by Crippen LogP contribution is -2.49. The third kappa shape index (κ3) is 8.77. The van der Waals surface area contributed by atoms with Crippen LogP contribution in [0.4, 0.5) is 0 Å². The third-order valence-electron chi connectivity index (χ3n) is 9.75. The van der Waals surface area contributed by atoms with E-state index in [1.807, 2.05) is 0 Å². The molecule has 3 heteroatoms. The second-order valence-corrected chi connectivity index (χ2v) is 13.2. The summed E-state index contributed by atoms with van der Waals surface area (Å²) in [6.07, 6.45) is 19.2. The number of rotatable bonds is 3. The van der Waals surface area contributed by atoms with E-state index in [0.717, 1.165) is 41.9 Å². The fourth-order valence-electron chi connectivity index (χ4n) is 7.50. The molecular formula is C31H61N3. The van der Waals surface area contributed by atoms with Crippen molar-refractivity contribution in [2.45, 2.75) is 149 Å². The molecule has 4 aliphatic heterocycles. The van der Waals surface area contributed by atoms with Gasteiger partial charge in [-0.2, -0.15) is 0 Å². The molecular weight excluding hydrogens is 414 g/mol. The second-order valence-electron chi connectivity index (χ2n) is 13.2. The van der Waals surface area contributed by atoms with Crippen LogP contribution in [0.25, 0.3) is 0 Å². The molecule has 3 nitrogen and oxygen atoms in total. The molecule has 2 unspecified atom stereocenters. The van der Waals surface area contributed by atoms with Crippen LogP contribution in [0.5, 0.6) is 0 Å². The minimum absolute atomic E-state index is 0.769. The standard InChI is InChI=1S/C12H23N.C11H21N.C8H17N/c1-10(2)13-9-5-7-11-6-3-4-8-12(11)13;1-9(2)12-7-10-3-4-11(8-12)6-5-10;1-8(2)9-6-4-3-5-7-9/h10-12H,3-9H2,1-2H3;9-11H,3-8H2,1-2H3;8H,3-7H2,1-2H3. The van der Waals surface area contributed by atoms with Gasteiger partial charge in [-0.05, 0) is 143 Å². The summed E-state index contributed by atoms with van der Waals surface area (Å²) in [5.41, 5.74) is 0. The fraction of sp³-hybridized carbons (Fsp3) is 1.00. The van der Waals surface area contributed by atoms with Crippen LogP contribution in [0, 0.1) is 17.8 Å². The Bertz CT molecular complexity index is 515. The van der Waals surface area contributed by atoms with Crippen molar-refractivity contribution < 1.29 is 0 Å². The summed E-state index contributed by atoms with van der Waals surface area (Å²) in [4.78, 5) is 8.01. The quantitative estimate of drug-likeness (QED) is 0.420. The molecule has 2 aliphatic carbocycles. The highest BCUT2D eigenvalue weighted by Gasteiger charge is 2.34. The van der Waals surface area contributed by atoms with Gasteiger partial charge in [-0.3, -0.25) is 4.90 Å². The second kappa shape index (κ2) is 14.6. The van der Waals surface area contributed by atoms with Crippen molar-refractivity contribution in [2.24, 2.45) is 17.8 Å². The van der Waals surface area contributed by atoms with E-state index in [9.17, 15) is 0 Å². The van der Waals surface area contributed by atoms with Gasteiger partial charge in [-0.15, -0.1) is 0 Å². The Hall–Kier alpha value is -0.120. The van der Waals surface area contributed by atoms with E-state index in [2.05, 4.69) is 56.2 Å². The van der Waals surface area contributed by atoms with Gasteiger partial charge in [0.25, 0.3) is 0 Å². The van der Waals surface area contributed by atoms with Crippen molar-refractivity contribution in [3.05, 3.63) is 0 Å². The molecule has 2 bridgehead atoms. The summed E-state index contributed by atoms with van der Waals surface area (Å²) in [6.45, 7) is 20.7. The van der Waals surface area contributed by atoms with E-state index in [4.69, 9.17) is 0 Å². The summed E-state index contributed by atoms with van der Waals surface area (Å²) in [7, 11) is 0. The van der Waals surface area contributed by atoms with Gasteiger partial charge in [0, 0.05) is 37.3 Å². The molecule has 0 N–H and O–H groups in total. The van der Waals surface area contributed by atoms with Crippen molar-refractivity contribution in [1.82, 2.24) is 14.7 Å². The molecule has 34 heavy (non-hydrogen) atoms. The lowest BCUT2D eigenvalue weighted by molar-refractivity contribution is 0.0371. The summed E-state index contributed by atoms with van der Waals surface area (Å²) >= 11 is 0. The highest BCUT2D eigenvalue weighted by atomic mass is 15.2. The molecule has 2 atom stereocenters. The van der Waals surface area contributed by atoms with Crippen LogP contribution in [-0.4, -0.2) is 71.6 Å². The molecule has 0 spiro atoms. The molecule has 2 saturated carbocycles. The van der Waals surface area contributed by atoms with Crippen LogP contribution in [0.3, 0.4) is 0 Å². The molecule has 0 aromatic rings. The van der Waals surface area contributed by atoms with Gasteiger partial charge >= 0.3 is 0 Å². The zero-order valence-corrected chi connectivity index (χ0v) is 24.1. The average molecular weight is 476 g/mol. The van der Waals surface area contributed by atoms with Crippen LogP contribution in [0.2, 0.25) is 0 Å². The Labute approximate surface area is 214 Å². The largest absolute Gasteiger partial charge is 0.301 e. The minimum Gasteiger partial charge on any atom is -0.301 e. The van der Waals surface area contributed by atoms with Crippen LogP contribution >= 0.6 is 0 Å². The number of hydrogen-bond acceptors (Lipinski definition) is 3. The van der Waals surface area contributed by atoms with Gasteiger partial charge in [0.05, 0.1) is 0 Å². The monoisotopic (exact) mass is 475 g/mol. The highest BCUT2D eigenvalue weighted by Crippen LogP contribution is 2.36. The van der Waals surface area contributed by atoms with Crippen molar-refractivity contribution in [3.63, 3.8) is 0 Å². The first kappa shape index (κ1) is 28.5. The molecule has 6 aliphatic rings. The molecule has 0 aromatic carbocycles. The summed E-state index contributed by atoms with van der Waals surface area (Å²) in [6, 6.07) is 3.25. The van der Waals surface area contributed by atoms with E-state index >= 15 is 0 Å². The normalized spacial score (nSPS) is 33.1. The lowest BCUT2D eigenvalue weighted by atomic mass is 9.78. The Morgan fingerprint density at radius 3 is 1.50 bits per heavy atom. The Morgan fingerprint density at radius 1 is 0.471 bits per heavy atom. The summed E-state index contributed by atoms with van der Waals surface area (Å²) < 4.78 is 0. The van der Waals surface area contributed by atoms with E-state index in [0.29, 0.717) is 0 Å². The molecule has 0 aromatic heterocycles. The number of nitrogens with zero attached hydrogens (tertiary/aromatic N) is 3. The van der Waals surface area contributed by atoms with Gasteiger partial charge in [0.15, 0.2) is 0 Å². The molecule has 0 radical (unpaired) electrons. The van der Waals surface area contributed by atoms with E-state index in [-0.39, 0.29) is 0 Å². The Morgan fingerprint density at radius 2 is 1.00 bits per heavy atom. The smallest absolute Gasteiger partial charge is 0.0126 e. The number of likely N-dealkylation sites (tertiary alicyclic amines) is 2. The zero-order chi connectivity index (χ0) is 24.5. The van der Waals surface area contributed by atoms with E-state index in [1.165, 1.54) is 116 Å². The van der Waals surface area contributed by atoms with Gasteiger partial charge < -0.3 is 9.80 Å². The minimum atomic E-state index is 0.769. The predicted molar refractivity (Wildman–Crippen MR) is 150 cm³/mol. The lowest BCUT2D eigenvalue weighted by Gasteiger charge is -2.46. The van der Waals surface area contributed by atoms with Crippen molar-refractivity contribution in [3.8, 4) is 0 Å². The molecule has 200 valence electrons. The van der Waals surface area contributed by atoms with Crippen molar-refractivity contribution >= 4 is 0 Å². The maximum atomic E-state index is 2.76. The first-order valence-electron chi connectivity index (χ1n) is 15.6. The molecule has 6 fully saturated rings. The van der Waals surface area contributed by atoms with Crippen molar-refractivity contribution in [2.75, 3.05) is 32.7 Å². The van der Waals surface area contributed by atoms with Gasteiger partial charge in [-0.1, -0.05) is 19.3 Å². The molecule has 6 rings (SSSR count). The molecule has 4 heterocycles. The summed E-state index contributed by atoms with van der Waals surface area (Å²) in [5, 5.41) is 0. The van der Waals surface area contributed by atoms with Crippen LogP contribution in [0.1, 0.15) is 125 Å². The first-order chi connectivity index (χ1) is 16.3. The number of fused-ring (bicyclic) bond motifs is 5. The average Bonchev–Trinajstić information content (AvgIpc) is 3.19. The fourth-order valence-corrected chi connectivity index (χ4v) is 7.50. The van der Waals surface area contributed by atoms with Crippen LogP contribution in [0.15, 0.2) is 0 Å². The highest BCUT2D eigenvalue weighted by molar-refractivity contribution is 4.88. The van der Waals surface area contributed by atoms with Gasteiger partial charge in [-0.25, -0.2) is 0 Å². The SMILES string of the molecule is CC(C)N1CC2CCC(CC2)C1.CC(C)N1CCCC2CCCCC21.CC(C)N1CCCCC1. The first-order valence-corrected chi connectivity index (χ1v) is 15.6. The topological polar surface area (TPSA) is 9.72 Å². The Kier molecular flexibility index (Phi) is 12.2. The maximum absolute atomic E-state index is 2.76. The Balaban J connectivity index is 0.000000146. The van der Waals surface area contributed by atoms with Crippen LogP contribution < -0.4 is 0 Å². The van der Waals surface area contributed by atoms with E-state index in [1.54, 1.807) is 0 Å². The molecule has 4 saturated heterocycles. The molecule has 0 amide bonds. The summed E-state index contributed by atoms with van der Waals surface area (Å²) in [5.74, 6) is 3.11. The van der Waals surface area contributed by atoms with Crippen molar-refractivity contribution in [1.29, 1.82) is 0 Å².